The summed E-state index contributed by atoms with van der Waals surface area (Å²) < 4.78 is 0. The van der Waals surface area contributed by atoms with E-state index in [-0.39, 0.29) is 17.6 Å². The van der Waals surface area contributed by atoms with E-state index < -0.39 is 0 Å². The number of nitriles is 1. The molecule has 3 N–H and O–H groups in total. The molecule has 6 heteroatoms. The minimum Gasteiger partial charge on any atom is -0.392 e. The molecule has 0 unspecified atom stereocenters. The summed E-state index contributed by atoms with van der Waals surface area (Å²) in [5, 5.41) is 25.9. The lowest BCUT2D eigenvalue weighted by molar-refractivity contribution is -0.0511. The van der Waals surface area contributed by atoms with Gasteiger partial charge in [-0.3, -0.25) is 0 Å². The molecule has 1 fully saturated rings. The highest BCUT2D eigenvalue weighted by Gasteiger charge is 2.47. The van der Waals surface area contributed by atoms with E-state index in [9.17, 15) is 10.4 Å². The molecule has 0 spiro atoms. The van der Waals surface area contributed by atoms with Crippen LogP contribution in [-0.4, -0.2) is 33.8 Å². The van der Waals surface area contributed by atoms with Crippen molar-refractivity contribution in [3.63, 3.8) is 0 Å². The van der Waals surface area contributed by atoms with Crippen molar-refractivity contribution in [2.45, 2.75) is 38.8 Å². The molecule has 31 heavy (non-hydrogen) atoms. The van der Waals surface area contributed by atoms with Crippen molar-refractivity contribution in [1.82, 2.24) is 9.97 Å². The van der Waals surface area contributed by atoms with Crippen molar-refractivity contribution in [3.8, 4) is 17.2 Å². The molecule has 0 saturated heterocycles. The summed E-state index contributed by atoms with van der Waals surface area (Å²) in [6, 6.07) is 21.1. The van der Waals surface area contributed by atoms with E-state index in [1.165, 1.54) is 22.9 Å². The van der Waals surface area contributed by atoms with Gasteiger partial charge < -0.3 is 15.7 Å². The first-order valence-electron chi connectivity index (χ1n) is 10.6. The van der Waals surface area contributed by atoms with Gasteiger partial charge in [0.25, 0.3) is 0 Å². The van der Waals surface area contributed by atoms with Gasteiger partial charge in [0, 0.05) is 18.0 Å². The van der Waals surface area contributed by atoms with Crippen LogP contribution in [0.4, 0.5) is 11.8 Å². The van der Waals surface area contributed by atoms with Crippen LogP contribution in [0.3, 0.4) is 0 Å². The van der Waals surface area contributed by atoms with Gasteiger partial charge in [0.15, 0.2) is 0 Å². The SMILES string of the molecule is CC1(C)[C@@H](O)C[C@H]1Nc1nc(NCCc2ccc(-c3ccccc3)cc2)ncc1C#N. The zero-order valence-electron chi connectivity index (χ0n) is 17.8. The molecule has 6 nitrogen and oxygen atoms in total. The number of nitrogens with one attached hydrogen (secondary N) is 2. The van der Waals surface area contributed by atoms with Crippen LogP contribution in [0, 0.1) is 16.7 Å². The molecular weight excluding hydrogens is 386 g/mol. The number of anilines is 2. The summed E-state index contributed by atoms with van der Waals surface area (Å²) in [4.78, 5) is 8.77. The summed E-state index contributed by atoms with van der Waals surface area (Å²) in [7, 11) is 0. The third-order valence-corrected chi connectivity index (χ3v) is 6.19. The number of hydrogen-bond donors (Lipinski definition) is 3. The van der Waals surface area contributed by atoms with Gasteiger partial charge in [-0.25, -0.2) is 4.98 Å². The van der Waals surface area contributed by atoms with Crippen LogP contribution in [0.1, 0.15) is 31.4 Å². The molecule has 0 bridgehead atoms. The molecule has 1 heterocycles. The molecule has 1 aromatic heterocycles. The van der Waals surface area contributed by atoms with Crippen LogP contribution in [0.5, 0.6) is 0 Å². The fraction of sp³-hybridized carbons (Fsp3) is 0.320. The quantitative estimate of drug-likeness (QED) is 0.536. The highest BCUT2D eigenvalue weighted by Crippen LogP contribution is 2.42. The van der Waals surface area contributed by atoms with Gasteiger partial charge in [-0.2, -0.15) is 10.2 Å². The Hall–Kier alpha value is -3.43. The van der Waals surface area contributed by atoms with E-state index in [1.54, 1.807) is 0 Å². The molecule has 2 aromatic carbocycles. The molecule has 3 aromatic rings. The van der Waals surface area contributed by atoms with Crippen LogP contribution in [-0.2, 0) is 6.42 Å². The fourth-order valence-electron chi connectivity index (χ4n) is 3.78. The van der Waals surface area contributed by atoms with E-state index in [0.717, 1.165) is 6.42 Å². The Balaban J connectivity index is 1.36. The molecule has 0 amide bonds. The first-order chi connectivity index (χ1) is 15.0. The first kappa shape index (κ1) is 20.8. The second-order valence-corrected chi connectivity index (χ2v) is 8.58. The average molecular weight is 414 g/mol. The molecule has 0 radical (unpaired) electrons. The molecule has 1 aliphatic rings. The predicted octanol–water partition coefficient (Wildman–Crippen LogP) is 4.24. The van der Waals surface area contributed by atoms with Crippen LogP contribution < -0.4 is 10.6 Å². The zero-order valence-corrected chi connectivity index (χ0v) is 17.8. The second-order valence-electron chi connectivity index (χ2n) is 8.58. The van der Waals surface area contributed by atoms with Gasteiger partial charge in [-0.15, -0.1) is 0 Å². The molecule has 4 rings (SSSR count). The first-order valence-corrected chi connectivity index (χ1v) is 10.6. The summed E-state index contributed by atoms with van der Waals surface area (Å²) in [6.45, 7) is 4.70. The summed E-state index contributed by atoms with van der Waals surface area (Å²) in [6.07, 6.45) is 2.67. The molecule has 1 aliphatic carbocycles. The van der Waals surface area contributed by atoms with Crippen molar-refractivity contribution in [2.75, 3.05) is 17.2 Å². The van der Waals surface area contributed by atoms with Crippen molar-refractivity contribution in [3.05, 3.63) is 71.9 Å². The maximum atomic E-state index is 9.96. The van der Waals surface area contributed by atoms with E-state index >= 15 is 0 Å². The molecule has 2 atom stereocenters. The van der Waals surface area contributed by atoms with Crippen LogP contribution in [0.15, 0.2) is 60.8 Å². The monoisotopic (exact) mass is 413 g/mol. The van der Waals surface area contributed by atoms with Gasteiger partial charge >= 0.3 is 0 Å². The fourth-order valence-corrected chi connectivity index (χ4v) is 3.78. The van der Waals surface area contributed by atoms with Crippen molar-refractivity contribution in [2.24, 2.45) is 5.41 Å². The van der Waals surface area contributed by atoms with Gasteiger partial charge in [0.1, 0.15) is 17.5 Å². The lowest BCUT2D eigenvalue weighted by Crippen LogP contribution is -2.57. The lowest BCUT2D eigenvalue weighted by atomic mass is 9.64. The Morgan fingerprint density at radius 3 is 2.45 bits per heavy atom. The number of aliphatic hydroxyl groups is 1. The minimum atomic E-state index is -0.344. The molecule has 158 valence electrons. The highest BCUT2D eigenvalue weighted by atomic mass is 16.3. The topological polar surface area (TPSA) is 93.9 Å². The van der Waals surface area contributed by atoms with E-state index in [4.69, 9.17) is 0 Å². The minimum absolute atomic E-state index is 0.0699. The normalized spacial score (nSPS) is 19.2. The van der Waals surface area contributed by atoms with Crippen molar-refractivity contribution >= 4 is 11.8 Å². The highest BCUT2D eigenvalue weighted by molar-refractivity contribution is 5.63. The summed E-state index contributed by atoms with van der Waals surface area (Å²) in [5.74, 6) is 0.997. The average Bonchev–Trinajstić information content (AvgIpc) is 2.80. The van der Waals surface area contributed by atoms with Crippen LogP contribution in [0.25, 0.3) is 11.1 Å². The summed E-state index contributed by atoms with van der Waals surface area (Å²) >= 11 is 0. The number of aromatic nitrogens is 2. The third-order valence-electron chi connectivity index (χ3n) is 6.19. The Kier molecular flexibility index (Phi) is 5.88. The Bertz CT molecular complexity index is 1070. The van der Waals surface area contributed by atoms with Gasteiger partial charge in [-0.1, -0.05) is 68.4 Å². The molecular formula is C25H27N5O. The number of rotatable bonds is 7. The summed E-state index contributed by atoms with van der Waals surface area (Å²) in [5.41, 5.74) is 3.79. The van der Waals surface area contributed by atoms with Gasteiger partial charge in [0.2, 0.25) is 5.95 Å². The number of hydrogen-bond acceptors (Lipinski definition) is 6. The Labute approximate surface area is 183 Å². The zero-order chi connectivity index (χ0) is 21.8. The van der Waals surface area contributed by atoms with Crippen LogP contribution >= 0.6 is 0 Å². The number of benzene rings is 2. The maximum absolute atomic E-state index is 9.96. The Morgan fingerprint density at radius 1 is 1.10 bits per heavy atom. The molecule has 1 saturated carbocycles. The van der Waals surface area contributed by atoms with E-state index in [2.05, 4.69) is 63.1 Å². The van der Waals surface area contributed by atoms with Crippen LogP contribution in [0.2, 0.25) is 0 Å². The maximum Gasteiger partial charge on any atom is 0.224 e. The smallest absolute Gasteiger partial charge is 0.224 e. The number of aliphatic hydroxyl groups excluding tert-OH is 1. The lowest BCUT2D eigenvalue weighted by Gasteiger charge is -2.49. The van der Waals surface area contributed by atoms with Gasteiger partial charge in [0.05, 0.1) is 12.3 Å². The van der Waals surface area contributed by atoms with E-state index in [1.807, 2.05) is 32.0 Å². The largest absolute Gasteiger partial charge is 0.392 e. The molecule has 0 aliphatic heterocycles. The van der Waals surface area contributed by atoms with Crippen molar-refractivity contribution in [1.29, 1.82) is 5.26 Å². The predicted molar refractivity (Wildman–Crippen MR) is 123 cm³/mol. The third kappa shape index (κ3) is 4.52. The second kappa shape index (κ2) is 8.75. The standard InChI is InChI=1S/C25H27N5O/c1-25(2)21(14-22(25)31)29-23-20(15-26)16-28-24(30-23)27-13-12-17-8-10-19(11-9-17)18-6-4-3-5-7-18/h3-11,16,21-22,31H,12-14H2,1-2H3,(H2,27,28,29,30)/t21-,22+/m1/s1. The van der Waals surface area contributed by atoms with Crippen molar-refractivity contribution < 1.29 is 5.11 Å². The Morgan fingerprint density at radius 2 is 1.81 bits per heavy atom. The van der Waals surface area contributed by atoms with E-state index in [0.29, 0.717) is 30.3 Å². The number of nitrogens with zero attached hydrogens (tertiary/aromatic N) is 3. The van der Waals surface area contributed by atoms with Gasteiger partial charge in [-0.05, 0) is 29.5 Å².